The van der Waals surface area contributed by atoms with Gasteiger partial charge in [0.25, 0.3) is 0 Å². The van der Waals surface area contributed by atoms with Gasteiger partial charge in [-0.05, 0) is 73.2 Å². The number of nitrogens with two attached hydrogens (primary N) is 1. The number of anilines is 3. The molecule has 7 nitrogen and oxygen atoms in total. The van der Waals surface area contributed by atoms with Crippen LogP contribution in [0.1, 0.15) is 4.88 Å². The first-order valence-electron chi connectivity index (χ1n) is 11.7. The number of nitrogens with zero attached hydrogens (tertiary/aromatic N) is 4. The molecule has 0 atom stereocenters. The third kappa shape index (κ3) is 4.70. The molecule has 0 unspecified atom stereocenters. The standard InChI is InChI=1S/C29H22N6OS/c1-18-8-13-25(37-18)27-23-5-2-3-6-24(23)28(35-34-27)33-20-9-11-21(12-10-20)36-29-22(7-4-15-32-29)19-14-16-31-26(30)17-19/h2-17H,1H3,(H2,30,31)(H,33,35). The second kappa shape index (κ2) is 9.67. The maximum Gasteiger partial charge on any atom is 0.227 e. The number of fused-ring (bicyclic) bond motifs is 1. The van der Waals surface area contributed by atoms with Crippen LogP contribution in [0.4, 0.5) is 17.3 Å². The van der Waals surface area contributed by atoms with E-state index in [4.69, 9.17) is 10.5 Å². The molecule has 37 heavy (non-hydrogen) atoms. The Kier molecular flexibility index (Phi) is 5.92. The SMILES string of the molecule is Cc1ccc(-c2nnc(Nc3ccc(Oc4ncccc4-c4ccnc(N)c4)cc3)c3ccccc23)s1. The molecule has 8 heteroatoms. The van der Waals surface area contributed by atoms with E-state index in [0.717, 1.165) is 38.2 Å². The van der Waals surface area contributed by atoms with Crippen LogP contribution in [0.15, 0.2) is 97.3 Å². The number of nitrogen functional groups attached to an aromatic ring is 1. The van der Waals surface area contributed by atoms with Gasteiger partial charge >= 0.3 is 0 Å². The number of aryl methyl sites for hydroxylation is 1. The second-order valence-electron chi connectivity index (χ2n) is 8.43. The van der Waals surface area contributed by atoms with Crippen molar-refractivity contribution < 1.29 is 4.74 Å². The van der Waals surface area contributed by atoms with E-state index < -0.39 is 0 Å². The molecular weight excluding hydrogens is 480 g/mol. The maximum atomic E-state index is 6.12. The largest absolute Gasteiger partial charge is 0.438 e. The fourth-order valence-electron chi connectivity index (χ4n) is 4.10. The molecule has 4 heterocycles. The van der Waals surface area contributed by atoms with Crippen LogP contribution in [0, 0.1) is 6.92 Å². The molecule has 0 aliphatic heterocycles. The molecule has 3 N–H and O–H groups in total. The predicted octanol–water partition coefficient (Wildman–Crippen LogP) is 7.24. The van der Waals surface area contributed by atoms with E-state index in [9.17, 15) is 0 Å². The molecule has 0 fully saturated rings. The molecule has 0 spiro atoms. The lowest BCUT2D eigenvalue weighted by Gasteiger charge is -2.12. The van der Waals surface area contributed by atoms with Gasteiger partial charge < -0.3 is 15.8 Å². The van der Waals surface area contributed by atoms with Crippen molar-refractivity contribution in [1.29, 1.82) is 0 Å². The van der Waals surface area contributed by atoms with E-state index >= 15 is 0 Å². The number of hydrogen-bond donors (Lipinski definition) is 2. The first-order valence-corrected chi connectivity index (χ1v) is 12.5. The highest BCUT2D eigenvalue weighted by atomic mass is 32.1. The van der Waals surface area contributed by atoms with Gasteiger partial charge in [-0.1, -0.05) is 24.3 Å². The Bertz CT molecular complexity index is 1710. The van der Waals surface area contributed by atoms with Crippen LogP contribution in [0.25, 0.3) is 32.5 Å². The summed E-state index contributed by atoms with van der Waals surface area (Å²) >= 11 is 1.72. The molecule has 0 radical (unpaired) electrons. The van der Waals surface area contributed by atoms with Crippen molar-refractivity contribution in [2.24, 2.45) is 0 Å². The summed E-state index contributed by atoms with van der Waals surface area (Å²) in [5, 5.41) is 14.5. The van der Waals surface area contributed by atoms with Gasteiger partial charge in [0.15, 0.2) is 5.82 Å². The van der Waals surface area contributed by atoms with Crippen molar-refractivity contribution in [3.8, 4) is 33.3 Å². The summed E-state index contributed by atoms with van der Waals surface area (Å²) < 4.78 is 6.12. The minimum Gasteiger partial charge on any atom is -0.438 e. The van der Waals surface area contributed by atoms with Gasteiger partial charge in [-0.25, -0.2) is 9.97 Å². The molecule has 0 aliphatic rings. The fourth-order valence-corrected chi connectivity index (χ4v) is 4.97. The van der Waals surface area contributed by atoms with Gasteiger partial charge in [0.05, 0.1) is 4.88 Å². The molecule has 4 aromatic heterocycles. The summed E-state index contributed by atoms with van der Waals surface area (Å²) in [6.45, 7) is 2.09. The summed E-state index contributed by atoms with van der Waals surface area (Å²) in [4.78, 5) is 10.8. The van der Waals surface area contributed by atoms with Crippen LogP contribution in [-0.4, -0.2) is 20.2 Å². The minimum absolute atomic E-state index is 0.442. The molecule has 0 saturated carbocycles. The Morgan fingerprint density at radius 3 is 2.43 bits per heavy atom. The lowest BCUT2D eigenvalue weighted by atomic mass is 10.1. The van der Waals surface area contributed by atoms with E-state index in [2.05, 4.69) is 56.7 Å². The van der Waals surface area contributed by atoms with Gasteiger partial charge in [-0.2, -0.15) is 0 Å². The first-order chi connectivity index (χ1) is 18.1. The Morgan fingerprint density at radius 2 is 1.65 bits per heavy atom. The number of thiophene rings is 1. The zero-order chi connectivity index (χ0) is 25.2. The molecule has 2 aromatic carbocycles. The summed E-state index contributed by atoms with van der Waals surface area (Å²) in [5.74, 6) is 2.29. The Morgan fingerprint density at radius 1 is 0.811 bits per heavy atom. The highest BCUT2D eigenvalue weighted by Gasteiger charge is 2.13. The molecule has 0 bridgehead atoms. The van der Waals surface area contributed by atoms with E-state index in [1.807, 2.05) is 54.6 Å². The number of benzene rings is 2. The van der Waals surface area contributed by atoms with Crippen molar-refractivity contribution >= 4 is 39.4 Å². The van der Waals surface area contributed by atoms with E-state index in [0.29, 0.717) is 23.3 Å². The normalized spacial score (nSPS) is 10.9. The first kappa shape index (κ1) is 22.6. The Labute approximate surface area is 217 Å². The zero-order valence-electron chi connectivity index (χ0n) is 19.9. The second-order valence-corrected chi connectivity index (χ2v) is 9.72. The lowest BCUT2D eigenvalue weighted by molar-refractivity contribution is 0.465. The molecule has 0 saturated heterocycles. The van der Waals surface area contributed by atoms with Crippen LogP contribution < -0.4 is 15.8 Å². The third-order valence-electron chi connectivity index (χ3n) is 5.86. The predicted molar refractivity (Wildman–Crippen MR) is 149 cm³/mol. The maximum absolute atomic E-state index is 6.12. The van der Waals surface area contributed by atoms with Gasteiger partial charge in [-0.3, -0.25) is 0 Å². The summed E-state index contributed by atoms with van der Waals surface area (Å²) in [5.41, 5.74) is 9.35. The Hall–Kier alpha value is -4.82. The summed E-state index contributed by atoms with van der Waals surface area (Å²) in [7, 11) is 0. The van der Waals surface area contributed by atoms with Gasteiger partial charge in [0, 0.05) is 39.3 Å². The average Bonchev–Trinajstić information content (AvgIpc) is 3.36. The van der Waals surface area contributed by atoms with Gasteiger partial charge in [0.2, 0.25) is 5.88 Å². The summed E-state index contributed by atoms with van der Waals surface area (Å²) in [6, 6.07) is 27.5. The van der Waals surface area contributed by atoms with Crippen molar-refractivity contribution in [2.45, 2.75) is 6.92 Å². The van der Waals surface area contributed by atoms with Gasteiger partial charge in [-0.15, -0.1) is 21.5 Å². The molecular formula is C29H22N6OS. The average molecular weight is 503 g/mol. The number of aromatic nitrogens is 4. The lowest BCUT2D eigenvalue weighted by Crippen LogP contribution is -1.99. The Balaban J connectivity index is 1.26. The van der Waals surface area contributed by atoms with Crippen LogP contribution in [0.5, 0.6) is 11.6 Å². The number of rotatable bonds is 6. The van der Waals surface area contributed by atoms with Gasteiger partial charge in [0.1, 0.15) is 17.3 Å². The smallest absolute Gasteiger partial charge is 0.227 e. The molecule has 6 aromatic rings. The van der Waals surface area contributed by atoms with Crippen molar-refractivity contribution in [1.82, 2.24) is 20.2 Å². The number of hydrogen-bond acceptors (Lipinski definition) is 8. The van der Waals surface area contributed by atoms with E-state index in [1.54, 1.807) is 29.8 Å². The highest BCUT2D eigenvalue weighted by Crippen LogP contribution is 2.35. The van der Waals surface area contributed by atoms with Crippen molar-refractivity contribution in [3.63, 3.8) is 0 Å². The van der Waals surface area contributed by atoms with Crippen LogP contribution in [0.2, 0.25) is 0 Å². The fraction of sp³-hybridized carbons (Fsp3) is 0.0345. The monoisotopic (exact) mass is 502 g/mol. The quantitative estimate of drug-likeness (QED) is 0.248. The minimum atomic E-state index is 0.442. The van der Waals surface area contributed by atoms with Crippen molar-refractivity contribution in [2.75, 3.05) is 11.1 Å². The van der Waals surface area contributed by atoms with Crippen molar-refractivity contribution in [3.05, 3.63) is 102 Å². The number of nitrogens with one attached hydrogen (secondary N) is 1. The number of pyridine rings is 2. The highest BCUT2D eigenvalue weighted by molar-refractivity contribution is 7.15. The van der Waals surface area contributed by atoms with Crippen LogP contribution in [-0.2, 0) is 0 Å². The molecule has 0 aliphatic carbocycles. The molecule has 6 rings (SSSR count). The van der Waals surface area contributed by atoms with Crippen LogP contribution >= 0.6 is 11.3 Å². The topological polar surface area (TPSA) is 98.8 Å². The molecule has 0 amide bonds. The molecule has 180 valence electrons. The van der Waals surface area contributed by atoms with E-state index in [-0.39, 0.29) is 0 Å². The summed E-state index contributed by atoms with van der Waals surface area (Å²) in [6.07, 6.45) is 3.37. The number of ether oxygens (including phenoxy) is 1. The van der Waals surface area contributed by atoms with Crippen LogP contribution in [0.3, 0.4) is 0 Å². The third-order valence-corrected chi connectivity index (χ3v) is 6.86. The zero-order valence-corrected chi connectivity index (χ0v) is 20.7. The van der Waals surface area contributed by atoms with E-state index in [1.165, 1.54) is 4.88 Å².